The molecule has 7 atom stereocenters. The van der Waals surface area contributed by atoms with Crippen LogP contribution in [0.5, 0.6) is 0 Å². The summed E-state index contributed by atoms with van der Waals surface area (Å²) in [5.74, 6) is 0.923. The zero-order chi connectivity index (χ0) is 18.8. The van der Waals surface area contributed by atoms with Crippen molar-refractivity contribution in [2.75, 3.05) is 24.6 Å². The molecule has 1 unspecified atom stereocenters. The molecule has 1 spiro atoms. The Morgan fingerprint density at radius 3 is 3.11 bits per heavy atom. The van der Waals surface area contributed by atoms with Crippen molar-refractivity contribution in [2.45, 2.75) is 42.9 Å². The molecule has 1 aromatic rings. The van der Waals surface area contributed by atoms with Gasteiger partial charge in [0.2, 0.25) is 5.91 Å². The summed E-state index contributed by atoms with van der Waals surface area (Å²) in [7, 11) is 0. The van der Waals surface area contributed by atoms with E-state index in [0.29, 0.717) is 36.6 Å². The number of amides is 1. The first kappa shape index (κ1) is 16.1. The molecule has 7 nitrogen and oxygen atoms in total. The second-order valence-corrected chi connectivity index (χ2v) is 9.30. The lowest BCUT2D eigenvalue weighted by Crippen LogP contribution is -2.99. The van der Waals surface area contributed by atoms with E-state index in [9.17, 15) is 15.2 Å². The van der Waals surface area contributed by atoms with Gasteiger partial charge in [0.1, 0.15) is 0 Å². The van der Waals surface area contributed by atoms with E-state index < -0.39 is 5.23 Å². The molecule has 2 N–H and O–H groups in total. The highest BCUT2D eigenvalue weighted by Gasteiger charge is 2.71. The highest BCUT2D eigenvalue weighted by atomic mass is 16.8. The topological polar surface area (TPSA) is 80.5 Å². The van der Waals surface area contributed by atoms with Crippen molar-refractivity contribution in [3.05, 3.63) is 40.6 Å². The fourth-order valence-corrected chi connectivity index (χ4v) is 7.68. The minimum Gasteiger partial charge on any atom is -0.595 e. The van der Waals surface area contributed by atoms with Crippen molar-refractivity contribution in [1.29, 1.82) is 0 Å². The van der Waals surface area contributed by atoms with Crippen LogP contribution in [-0.4, -0.2) is 53.9 Å². The lowest BCUT2D eigenvalue weighted by Gasteiger charge is -2.58. The Morgan fingerprint density at radius 1 is 1.36 bits per heavy atom. The van der Waals surface area contributed by atoms with Gasteiger partial charge in [-0.05, 0) is 36.9 Å². The molecular weight excluding hydrogens is 358 g/mol. The van der Waals surface area contributed by atoms with Crippen LogP contribution in [0, 0.1) is 17.0 Å². The summed E-state index contributed by atoms with van der Waals surface area (Å²) in [5, 5.41) is 20.4. The number of fused-ring (bicyclic) bond motifs is 2. The Labute approximate surface area is 162 Å². The number of ether oxygens (including phenoxy) is 1. The van der Waals surface area contributed by atoms with Crippen LogP contribution < -0.4 is 10.1 Å². The van der Waals surface area contributed by atoms with Crippen LogP contribution >= 0.6 is 0 Å². The van der Waals surface area contributed by atoms with E-state index in [0.717, 1.165) is 37.2 Å². The third-order valence-electron chi connectivity index (χ3n) is 8.56. The van der Waals surface area contributed by atoms with Crippen LogP contribution in [-0.2, 0) is 14.9 Å². The summed E-state index contributed by atoms with van der Waals surface area (Å²) in [4.78, 5) is 17.9. The minimum absolute atomic E-state index is 0.0225. The SMILES string of the molecule is O=C1C[C@@H]2OCC=C3CN4CC[C@]56c7cc([NH+]([O-])O)ccc7N1[C@@H]5[C@@H]2[C@H]3C[C@@H]46. The van der Waals surface area contributed by atoms with Crippen molar-refractivity contribution in [3.63, 3.8) is 0 Å². The zero-order valence-electron chi connectivity index (χ0n) is 15.5. The van der Waals surface area contributed by atoms with Gasteiger partial charge < -0.3 is 14.8 Å². The van der Waals surface area contributed by atoms with E-state index >= 15 is 0 Å². The zero-order valence-corrected chi connectivity index (χ0v) is 15.5. The van der Waals surface area contributed by atoms with Gasteiger partial charge in [-0.25, -0.2) is 5.21 Å². The van der Waals surface area contributed by atoms with Gasteiger partial charge in [-0.1, -0.05) is 11.6 Å². The predicted octanol–water partition coefficient (Wildman–Crippen LogP) is 0.496. The molecule has 5 aliphatic heterocycles. The van der Waals surface area contributed by atoms with Crippen LogP contribution in [0.4, 0.5) is 11.4 Å². The predicted molar refractivity (Wildman–Crippen MR) is 99.2 cm³/mol. The van der Waals surface area contributed by atoms with Gasteiger partial charge in [0.15, 0.2) is 5.69 Å². The number of hydrogen-bond donors (Lipinski definition) is 2. The van der Waals surface area contributed by atoms with Crippen LogP contribution in [0.25, 0.3) is 0 Å². The molecule has 3 saturated heterocycles. The maximum atomic E-state index is 13.3. The monoisotopic (exact) mass is 381 g/mol. The number of quaternary nitrogens is 1. The number of carbonyl (C=O) groups excluding carboxylic acids is 1. The first-order valence-electron chi connectivity index (χ1n) is 10.3. The Hall–Kier alpha value is -1.77. The van der Waals surface area contributed by atoms with Crippen LogP contribution in [0.2, 0.25) is 0 Å². The average molecular weight is 381 g/mol. The molecule has 1 amide bonds. The van der Waals surface area contributed by atoms with E-state index in [2.05, 4.69) is 11.0 Å². The van der Waals surface area contributed by atoms with Crippen LogP contribution in [0.15, 0.2) is 29.8 Å². The van der Waals surface area contributed by atoms with Gasteiger partial charge >= 0.3 is 0 Å². The summed E-state index contributed by atoms with van der Waals surface area (Å²) >= 11 is 0. The Kier molecular flexibility index (Phi) is 2.89. The third kappa shape index (κ3) is 1.64. The van der Waals surface area contributed by atoms with E-state index in [-0.39, 0.29) is 23.5 Å². The molecule has 0 radical (unpaired) electrons. The number of anilines is 1. The quantitative estimate of drug-likeness (QED) is 0.547. The molecular formula is C21H23N3O4. The maximum absolute atomic E-state index is 13.3. The average Bonchev–Trinajstić information content (AvgIpc) is 3.15. The van der Waals surface area contributed by atoms with Crippen molar-refractivity contribution >= 4 is 17.3 Å². The first-order chi connectivity index (χ1) is 13.6. The Bertz CT molecular complexity index is 946. The molecule has 5 heterocycles. The fraction of sp³-hybridized carbons (Fsp3) is 0.571. The molecule has 4 fully saturated rings. The summed E-state index contributed by atoms with van der Waals surface area (Å²) in [6.45, 7) is 2.62. The van der Waals surface area contributed by atoms with E-state index in [1.165, 1.54) is 5.57 Å². The lowest BCUT2D eigenvalue weighted by atomic mass is 9.53. The van der Waals surface area contributed by atoms with Crippen molar-refractivity contribution in [3.8, 4) is 0 Å². The second-order valence-electron chi connectivity index (χ2n) is 9.30. The molecule has 7 rings (SSSR count). The normalized spacial score (nSPS) is 43.5. The highest BCUT2D eigenvalue weighted by molar-refractivity contribution is 5.99. The smallest absolute Gasteiger partial charge is 0.229 e. The largest absolute Gasteiger partial charge is 0.595 e. The summed E-state index contributed by atoms with van der Waals surface area (Å²) < 4.78 is 6.22. The number of nitrogens with zero attached hydrogens (tertiary/aromatic N) is 2. The second kappa shape index (κ2) is 5.04. The van der Waals surface area contributed by atoms with Gasteiger partial charge in [0.25, 0.3) is 0 Å². The molecule has 146 valence electrons. The van der Waals surface area contributed by atoms with Gasteiger partial charge in [-0.3, -0.25) is 9.69 Å². The number of hydrogen-bond acceptors (Lipinski definition) is 5. The molecule has 0 aromatic heterocycles. The highest BCUT2D eigenvalue weighted by Crippen LogP contribution is 2.65. The van der Waals surface area contributed by atoms with E-state index in [1.807, 2.05) is 17.0 Å². The number of benzene rings is 1. The molecule has 2 bridgehead atoms. The lowest BCUT2D eigenvalue weighted by molar-refractivity contribution is -0.991. The van der Waals surface area contributed by atoms with Crippen LogP contribution in [0.1, 0.15) is 24.8 Å². The molecule has 1 aromatic carbocycles. The Morgan fingerprint density at radius 2 is 2.25 bits per heavy atom. The van der Waals surface area contributed by atoms with Gasteiger partial charge in [-0.15, -0.1) is 0 Å². The Balaban J connectivity index is 1.51. The van der Waals surface area contributed by atoms with Crippen molar-refractivity contribution in [1.82, 2.24) is 4.90 Å². The van der Waals surface area contributed by atoms with Crippen molar-refractivity contribution in [2.24, 2.45) is 11.8 Å². The number of rotatable bonds is 1. The van der Waals surface area contributed by atoms with E-state index in [1.54, 1.807) is 6.07 Å². The van der Waals surface area contributed by atoms with Crippen LogP contribution in [0.3, 0.4) is 0 Å². The number of nitrogens with one attached hydrogen (secondary N) is 1. The van der Waals surface area contributed by atoms with Gasteiger partial charge in [0, 0.05) is 41.7 Å². The molecule has 1 aliphatic carbocycles. The first-order valence-corrected chi connectivity index (χ1v) is 10.3. The maximum Gasteiger partial charge on any atom is 0.229 e. The van der Waals surface area contributed by atoms with Crippen molar-refractivity contribution < 1.29 is 20.0 Å². The summed E-state index contributed by atoms with van der Waals surface area (Å²) in [6.07, 6.45) is 4.77. The summed E-state index contributed by atoms with van der Waals surface area (Å²) in [6, 6.07) is 5.87. The molecule has 1 saturated carbocycles. The molecule has 6 aliphatic rings. The van der Waals surface area contributed by atoms with Gasteiger partial charge in [0.05, 0.1) is 25.2 Å². The number of carbonyl (C=O) groups is 1. The van der Waals surface area contributed by atoms with Gasteiger partial charge in [-0.2, -0.15) is 5.23 Å². The summed E-state index contributed by atoms with van der Waals surface area (Å²) in [5.41, 5.74) is 3.70. The molecule has 7 heteroatoms. The third-order valence-corrected chi connectivity index (χ3v) is 8.56. The van der Waals surface area contributed by atoms with E-state index in [4.69, 9.17) is 4.74 Å². The minimum atomic E-state index is -0.900. The number of piperidine rings is 2. The fourth-order valence-electron chi connectivity index (χ4n) is 7.68. The molecule has 28 heavy (non-hydrogen) atoms. The standard InChI is InChI=1S/C21H23N3O4/c25-18-9-16-19-13-8-17-21(4-5-22(17)10-11(13)3-6-28-16)14-7-12(24(26)27)1-2-15(14)23(18)20(19)21/h1-3,7,13,16-17,19-20,24,26H,4-6,8-10H2/t13-,16-,17+,19+,20+,21+/m0/s1.